The predicted octanol–water partition coefficient (Wildman–Crippen LogP) is 3.15. The van der Waals surface area contributed by atoms with E-state index in [-0.39, 0.29) is 0 Å². The Morgan fingerprint density at radius 3 is 2.65 bits per heavy atom. The maximum Gasteiger partial charge on any atom is 0.0452 e. The van der Waals surface area contributed by atoms with Gasteiger partial charge in [0.1, 0.15) is 0 Å². The number of hydrogen-bond acceptors (Lipinski definition) is 2. The Labute approximate surface area is 108 Å². The number of fused-ring (bicyclic) bond motifs is 1. The number of rotatable bonds is 2. The lowest BCUT2D eigenvalue weighted by molar-refractivity contribution is 0.303. The van der Waals surface area contributed by atoms with Crippen molar-refractivity contribution in [1.82, 2.24) is 4.90 Å². The Morgan fingerprint density at radius 2 is 1.94 bits per heavy atom. The van der Waals surface area contributed by atoms with E-state index < -0.39 is 0 Å². The van der Waals surface area contributed by atoms with Gasteiger partial charge < -0.3 is 5.73 Å². The Morgan fingerprint density at radius 1 is 1.24 bits per heavy atom. The molecule has 2 atom stereocenters. The Kier molecular flexibility index (Phi) is 3.01. The monoisotopic (exact) mass is 250 g/mol. The third-order valence-corrected chi connectivity index (χ3v) is 4.63. The van der Waals surface area contributed by atoms with Crippen LogP contribution in [0.5, 0.6) is 0 Å². The molecule has 2 unspecified atom stereocenters. The summed E-state index contributed by atoms with van der Waals surface area (Å²) in [6.45, 7) is 3.45. The van der Waals surface area contributed by atoms with Crippen LogP contribution in [0.4, 0.5) is 5.69 Å². The van der Waals surface area contributed by atoms with Crippen molar-refractivity contribution in [3.8, 4) is 0 Å². The van der Waals surface area contributed by atoms with Crippen LogP contribution in [-0.4, -0.2) is 18.0 Å². The number of nitrogen functional groups attached to an aromatic ring is 1. The molecular formula is C14H19ClN2. The maximum atomic E-state index is 6.21. The summed E-state index contributed by atoms with van der Waals surface area (Å²) >= 11 is 6.21. The second kappa shape index (κ2) is 4.51. The van der Waals surface area contributed by atoms with Crippen molar-refractivity contribution in [2.75, 3.05) is 18.8 Å². The van der Waals surface area contributed by atoms with Gasteiger partial charge in [-0.05, 0) is 48.4 Å². The molecule has 92 valence electrons. The minimum absolute atomic E-state index is 0.809. The molecule has 0 spiro atoms. The predicted molar refractivity (Wildman–Crippen MR) is 72.0 cm³/mol. The smallest absolute Gasteiger partial charge is 0.0452 e. The summed E-state index contributed by atoms with van der Waals surface area (Å²) in [6, 6.07) is 5.78. The summed E-state index contributed by atoms with van der Waals surface area (Å²) in [7, 11) is 0. The summed E-state index contributed by atoms with van der Waals surface area (Å²) in [5, 5.41) is 0.844. The number of hydrogen-bond donors (Lipinski definition) is 1. The lowest BCUT2D eigenvalue weighted by Crippen LogP contribution is -2.21. The Balaban J connectivity index is 1.69. The molecule has 3 heteroatoms. The van der Waals surface area contributed by atoms with E-state index in [1.54, 1.807) is 0 Å². The van der Waals surface area contributed by atoms with Crippen LogP contribution in [0.25, 0.3) is 0 Å². The molecule has 1 aromatic carbocycles. The van der Waals surface area contributed by atoms with E-state index in [1.807, 2.05) is 18.2 Å². The lowest BCUT2D eigenvalue weighted by atomic mass is 10.0. The highest BCUT2D eigenvalue weighted by Crippen LogP contribution is 2.38. The maximum absolute atomic E-state index is 6.21. The van der Waals surface area contributed by atoms with Gasteiger partial charge in [0.2, 0.25) is 0 Å². The van der Waals surface area contributed by atoms with Crippen molar-refractivity contribution in [3.05, 3.63) is 28.8 Å². The number of nitrogens with zero attached hydrogens (tertiary/aromatic N) is 1. The van der Waals surface area contributed by atoms with Gasteiger partial charge in [-0.3, -0.25) is 4.90 Å². The van der Waals surface area contributed by atoms with Crippen LogP contribution < -0.4 is 5.73 Å². The largest absolute Gasteiger partial charge is 0.399 e. The van der Waals surface area contributed by atoms with Crippen molar-refractivity contribution < 1.29 is 0 Å². The van der Waals surface area contributed by atoms with E-state index in [2.05, 4.69) is 4.90 Å². The highest BCUT2D eigenvalue weighted by Gasteiger charge is 2.35. The fraction of sp³-hybridized carbons (Fsp3) is 0.571. The summed E-state index contributed by atoms with van der Waals surface area (Å²) in [5.74, 6) is 1.88. The SMILES string of the molecule is Nc1ccc(Cl)c(CN2CC3CCCC3C2)c1. The zero-order chi connectivity index (χ0) is 11.8. The standard InChI is InChI=1S/C14H19ClN2/c15-14-5-4-13(16)6-12(14)9-17-7-10-2-1-3-11(10)8-17/h4-6,10-11H,1-3,7-9,16H2. The quantitative estimate of drug-likeness (QED) is 0.817. The van der Waals surface area contributed by atoms with E-state index in [9.17, 15) is 0 Å². The highest BCUT2D eigenvalue weighted by molar-refractivity contribution is 6.31. The summed E-state index contributed by atoms with van der Waals surface area (Å²) in [4.78, 5) is 2.54. The van der Waals surface area contributed by atoms with Gasteiger partial charge in [0.05, 0.1) is 0 Å². The van der Waals surface area contributed by atoms with Gasteiger partial charge in [-0.1, -0.05) is 18.0 Å². The molecule has 0 amide bonds. The van der Waals surface area contributed by atoms with Gasteiger partial charge in [0, 0.05) is 30.3 Å². The fourth-order valence-corrected chi connectivity index (χ4v) is 3.60. The molecule has 1 heterocycles. The molecule has 2 fully saturated rings. The van der Waals surface area contributed by atoms with Gasteiger partial charge in [-0.15, -0.1) is 0 Å². The second-order valence-electron chi connectivity index (χ2n) is 5.50. The minimum atomic E-state index is 0.809. The zero-order valence-corrected chi connectivity index (χ0v) is 10.8. The first-order valence-electron chi connectivity index (χ1n) is 6.48. The van der Waals surface area contributed by atoms with Gasteiger partial charge in [0.25, 0.3) is 0 Å². The average Bonchev–Trinajstić information content (AvgIpc) is 2.83. The van der Waals surface area contributed by atoms with E-state index in [4.69, 9.17) is 17.3 Å². The molecule has 1 aromatic rings. The molecule has 2 aliphatic rings. The number of anilines is 1. The molecule has 0 bridgehead atoms. The van der Waals surface area contributed by atoms with Crippen molar-refractivity contribution >= 4 is 17.3 Å². The highest BCUT2D eigenvalue weighted by atomic mass is 35.5. The van der Waals surface area contributed by atoms with Crippen molar-refractivity contribution in [2.45, 2.75) is 25.8 Å². The third kappa shape index (κ3) is 2.29. The summed E-state index contributed by atoms with van der Waals surface area (Å²) in [5.41, 5.74) is 7.80. The molecule has 2 nitrogen and oxygen atoms in total. The van der Waals surface area contributed by atoms with Crippen LogP contribution in [-0.2, 0) is 6.54 Å². The molecule has 1 saturated carbocycles. The number of likely N-dealkylation sites (tertiary alicyclic amines) is 1. The normalized spacial score (nSPS) is 28.5. The molecule has 0 radical (unpaired) electrons. The van der Waals surface area contributed by atoms with Gasteiger partial charge in [-0.25, -0.2) is 0 Å². The number of benzene rings is 1. The molecule has 2 N–H and O–H groups in total. The van der Waals surface area contributed by atoms with E-state index in [0.29, 0.717) is 0 Å². The first kappa shape index (κ1) is 11.4. The molecule has 1 aliphatic heterocycles. The van der Waals surface area contributed by atoms with E-state index >= 15 is 0 Å². The number of nitrogens with two attached hydrogens (primary N) is 1. The first-order chi connectivity index (χ1) is 8.22. The number of halogens is 1. The average molecular weight is 251 g/mol. The van der Waals surface area contributed by atoms with Crippen LogP contribution in [0.3, 0.4) is 0 Å². The second-order valence-corrected chi connectivity index (χ2v) is 5.90. The molecular weight excluding hydrogens is 232 g/mol. The van der Waals surface area contributed by atoms with Gasteiger partial charge in [-0.2, -0.15) is 0 Å². The summed E-state index contributed by atoms with van der Waals surface area (Å²) in [6.07, 6.45) is 4.28. The van der Waals surface area contributed by atoms with Crippen LogP contribution in [0.1, 0.15) is 24.8 Å². The molecule has 1 saturated heterocycles. The molecule has 17 heavy (non-hydrogen) atoms. The Bertz CT molecular complexity index is 407. The molecule has 3 rings (SSSR count). The fourth-order valence-electron chi connectivity index (χ4n) is 3.42. The topological polar surface area (TPSA) is 29.3 Å². The van der Waals surface area contributed by atoms with E-state index in [1.165, 1.54) is 37.9 Å². The van der Waals surface area contributed by atoms with E-state index in [0.717, 1.165) is 29.1 Å². The van der Waals surface area contributed by atoms with Crippen LogP contribution in [0.2, 0.25) is 5.02 Å². The van der Waals surface area contributed by atoms with Crippen molar-refractivity contribution in [1.29, 1.82) is 0 Å². The zero-order valence-electron chi connectivity index (χ0n) is 10.0. The van der Waals surface area contributed by atoms with Crippen LogP contribution in [0, 0.1) is 11.8 Å². The van der Waals surface area contributed by atoms with Gasteiger partial charge in [0.15, 0.2) is 0 Å². The van der Waals surface area contributed by atoms with Crippen molar-refractivity contribution in [3.63, 3.8) is 0 Å². The molecule has 0 aromatic heterocycles. The molecule has 1 aliphatic carbocycles. The Hall–Kier alpha value is -0.730. The van der Waals surface area contributed by atoms with Crippen LogP contribution >= 0.6 is 11.6 Å². The van der Waals surface area contributed by atoms with Crippen LogP contribution in [0.15, 0.2) is 18.2 Å². The summed E-state index contributed by atoms with van der Waals surface area (Å²) < 4.78 is 0. The lowest BCUT2D eigenvalue weighted by Gasteiger charge is -2.17. The third-order valence-electron chi connectivity index (χ3n) is 4.27. The minimum Gasteiger partial charge on any atom is -0.399 e. The van der Waals surface area contributed by atoms with Crippen molar-refractivity contribution in [2.24, 2.45) is 11.8 Å². The van der Waals surface area contributed by atoms with Gasteiger partial charge >= 0.3 is 0 Å². The first-order valence-corrected chi connectivity index (χ1v) is 6.86.